The van der Waals surface area contributed by atoms with Crippen molar-refractivity contribution in [1.82, 2.24) is 14.8 Å². The lowest BCUT2D eigenvalue weighted by Gasteiger charge is -2.39. The van der Waals surface area contributed by atoms with E-state index in [1.165, 1.54) is 5.56 Å². The van der Waals surface area contributed by atoms with Gasteiger partial charge in [-0.1, -0.05) is 0 Å². The molecule has 5 rings (SSSR count). The molecule has 2 N–H and O–H groups in total. The van der Waals surface area contributed by atoms with Gasteiger partial charge in [0.05, 0.1) is 31.3 Å². The van der Waals surface area contributed by atoms with Crippen LogP contribution < -0.4 is 10.1 Å². The monoisotopic (exact) mass is 600 g/mol. The van der Waals surface area contributed by atoms with Crippen molar-refractivity contribution in [2.24, 2.45) is 5.41 Å². The lowest BCUT2D eigenvalue weighted by atomic mass is 9.74. The molecule has 0 saturated carbocycles. The highest BCUT2D eigenvalue weighted by molar-refractivity contribution is 5.84. The normalized spacial score (nSPS) is 17.7. The number of likely N-dealkylation sites (tertiary alicyclic amines) is 1. The molecule has 0 atom stereocenters. The van der Waals surface area contributed by atoms with E-state index in [0.717, 1.165) is 48.3 Å². The van der Waals surface area contributed by atoms with Gasteiger partial charge in [-0.3, -0.25) is 14.7 Å². The Hall–Kier alpha value is -3.41. The number of hydrogen-bond acceptors (Lipinski definition) is 7. The zero-order chi connectivity index (χ0) is 30.4. The van der Waals surface area contributed by atoms with Gasteiger partial charge in [-0.25, -0.2) is 13.2 Å². The smallest absolute Gasteiger partial charge is 0.309 e. The first kappa shape index (κ1) is 31.0. The third kappa shape index (κ3) is 7.39. The van der Waals surface area contributed by atoms with Crippen LogP contribution in [-0.2, 0) is 22.5 Å². The van der Waals surface area contributed by atoms with Gasteiger partial charge in [0, 0.05) is 56.4 Å². The van der Waals surface area contributed by atoms with Crippen LogP contribution in [0.4, 0.5) is 18.9 Å². The molecule has 2 aliphatic heterocycles. The van der Waals surface area contributed by atoms with E-state index in [2.05, 4.69) is 15.1 Å². The number of aliphatic carboxylic acids is 1. The van der Waals surface area contributed by atoms with Crippen molar-refractivity contribution in [3.05, 3.63) is 65.1 Å². The van der Waals surface area contributed by atoms with Crippen LogP contribution >= 0.6 is 0 Å². The van der Waals surface area contributed by atoms with Gasteiger partial charge >= 0.3 is 5.97 Å². The summed E-state index contributed by atoms with van der Waals surface area (Å²) in [5.74, 6) is -2.95. The molecular formula is C32H39F3N4O4. The van der Waals surface area contributed by atoms with E-state index in [1.54, 1.807) is 7.11 Å². The molecule has 11 heteroatoms. The van der Waals surface area contributed by atoms with Crippen LogP contribution in [0.25, 0.3) is 10.9 Å². The number of carbonyl (C=O) groups is 1. The third-order valence-corrected chi connectivity index (χ3v) is 8.86. The average Bonchev–Trinajstić information content (AvgIpc) is 3.00. The maximum absolute atomic E-state index is 13.9. The molecule has 232 valence electrons. The zero-order valence-corrected chi connectivity index (χ0v) is 24.5. The van der Waals surface area contributed by atoms with Gasteiger partial charge in [0.2, 0.25) is 0 Å². The molecule has 1 aromatic heterocycles. The first-order valence-corrected chi connectivity index (χ1v) is 14.9. The molecule has 3 aromatic rings. The topological polar surface area (TPSA) is 87.2 Å². The Balaban J connectivity index is 1.22. The number of carboxylic acid groups (broad SMARTS) is 1. The highest BCUT2D eigenvalue weighted by Gasteiger charge is 2.40. The van der Waals surface area contributed by atoms with E-state index in [0.29, 0.717) is 70.7 Å². The van der Waals surface area contributed by atoms with Crippen LogP contribution in [0.5, 0.6) is 5.75 Å². The van der Waals surface area contributed by atoms with Crippen molar-refractivity contribution in [1.29, 1.82) is 0 Å². The Labute approximate surface area is 249 Å². The molecule has 0 spiro atoms. The summed E-state index contributed by atoms with van der Waals surface area (Å²) in [5.41, 5.74) is 2.02. The number of aryl methyl sites for hydroxylation is 1. The summed E-state index contributed by atoms with van der Waals surface area (Å²) in [6.45, 7) is 5.77. The number of anilines is 1. The quantitative estimate of drug-likeness (QED) is 0.297. The van der Waals surface area contributed by atoms with E-state index in [4.69, 9.17) is 14.5 Å². The predicted molar refractivity (Wildman–Crippen MR) is 158 cm³/mol. The highest BCUT2D eigenvalue weighted by atomic mass is 19.1. The number of nitrogens with one attached hydrogen (secondary N) is 1. The van der Waals surface area contributed by atoms with Crippen molar-refractivity contribution < 1.29 is 32.5 Å². The summed E-state index contributed by atoms with van der Waals surface area (Å²) >= 11 is 0. The number of benzene rings is 2. The zero-order valence-electron chi connectivity index (χ0n) is 24.5. The van der Waals surface area contributed by atoms with E-state index in [-0.39, 0.29) is 12.2 Å². The fourth-order valence-electron chi connectivity index (χ4n) is 6.26. The Morgan fingerprint density at radius 1 is 1.07 bits per heavy atom. The summed E-state index contributed by atoms with van der Waals surface area (Å²) < 4.78 is 52.1. The van der Waals surface area contributed by atoms with Crippen molar-refractivity contribution in [2.75, 3.05) is 64.9 Å². The SMILES string of the molecule is COc1ccc2ncc(CN3CCOCC3)c(CCCC3(C(=O)O)CCN(CCNc4c(F)cc(F)cc4F)CC3)c2c1. The maximum Gasteiger partial charge on any atom is 0.309 e. The van der Waals surface area contributed by atoms with Crippen LogP contribution in [0.2, 0.25) is 0 Å². The number of hydrogen-bond donors (Lipinski definition) is 2. The molecule has 2 aliphatic rings. The van der Waals surface area contributed by atoms with Gasteiger partial charge in [0.25, 0.3) is 0 Å². The molecule has 43 heavy (non-hydrogen) atoms. The van der Waals surface area contributed by atoms with Crippen molar-refractivity contribution >= 4 is 22.6 Å². The molecule has 2 fully saturated rings. The van der Waals surface area contributed by atoms with Crippen molar-refractivity contribution in [2.45, 2.75) is 38.6 Å². The molecule has 0 unspecified atom stereocenters. The van der Waals surface area contributed by atoms with Crippen LogP contribution in [0.3, 0.4) is 0 Å². The second-order valence-electron chi connectivity index (χ2n) is 11.5. The van der Waals surface area contributed by atoms with Crippen LogP contribution in [0.15, 0.2) is 36.5 Å². The number of rotatable bonds is 12. The minimum absolute atomic E-state index is 0.254. The molecule has 3 heterocycles. The number of fused-ring (bicyclic) bond motifs is 1. The van der Waals surface area contributed by atoms with Gasteiger partial charge in [0.15, 0.2) is 11.6 Å². The minimum Gasteiger partial charge on any atom is -0.497 e. The number of nitrogens with zero attached hydrogens (tertiary/aromatic N) is 3. The van der Waals surface area contributed by atoms with Gasteiger partial charge in [-0.05, 0) is 74.5 Å². The molecular weight excluding hydrogens is 561 g/mol. The first-order valence-electron chi connectivity index (χ1n) is 14.9. The van der Waals surface area contributed by atoms with E-state index in [9.17, 15) is 23.1 Å². The second-order valence-corrected chi connectivity index (χ2v) is 11.5. The fourth-order valence-corrected chi connectivity index (χ4v) is 6.26. The summed E-state index contributed by atoms with van der Waals surface area (Å²) in [6, 6.07) is 7.16. The molecule has 8 nitrogen and oxygen atoms in total. The van der Waals surface area contributed by atoms with Gasteiger partial charge in [0.1, 0.15) is 17.3 Å². The molecule has 0 amide bonds. The Morgan fingerprint density at radius 2 is 1.79 bits per heavy atom. The van der Waals surface area contributed by atoms with Gasteiger partial charge < -0.3 is 24.8 Å². The number of pyridine rings is 1. The summed E-state index contributed by atoms with van der Waals surface area (Å²) in [7, 11) is 1.64. The number of aromatic nitrogens is 1. The van der Waals surface area contributed by atoms with E-state index < -0.39 is 28.8 Å². The Bertz CT molecular complexity index is 1400. The Kier molecular flexibility index (Phi) is 10.0. The molecule has 0 aliphatic carbocycles. The molecule has 0 radical (unpaired) electrons. The number of carboxylic acids is 1. The van der Waals surface area contributed by atoms with Crippen LogP contribution in [0.1, 0.15) is 36.8 Å². The molecule has 0 bridgehead atoms. The molecule has 2 aromatic carbocycles. The maximum atomic E-state index is 13.9. The predicted octanol–water partition coefficient (Wildman–Crippen LogP) is 5.09. The standard InChI is InChI=1S/C32H39F3N4O4/c1-42-24-4-5-29-26(19-24)25(22(20-37-29)21-39-13-15-43-16-14-39)3-2-6-32(31(40)41)7-10-38(11-8-32)12-9-36-30-27(34)17-23(33)18-28(30)35/h4-5,17-20,36H,2-3,6-16,21H2,1H3,(H,40,41). The lowest BCUT2D eigenvalue weighted by Crippen LogP contribution is -2.45. The average molecular weight is 601 g/mol. The highest BCUT2D eigenvalue weighted by Crippen LogP contribution is 2.38. The summed E-state index contributed by atoms with van der Waals surface area (Å²) in [5, 5.41) is 14.0. The number of piperidine rings is 1. The fraction of sp³-hybridized carbons (Fsp3) is 0.500. The summed E-state index contributed by atoms with van der Waals surface area (Å²) in [6.07, 6.45) is 4.92. The first-order chi connectivity index (χ1) is 20.8. The number of morpholine rings is 1. The Morgan fingerprint density at radius 3 is 2.47 bits per heavy atom. The largest absolute Gasteiger partial charge is 0.497 e. The minimum atomic E-state index is -0.977. The van der Waals surface area contributed by atoms with E-state index >= 15 is 0 Å². The van der Waals surface area contributed by atoms with Crippen LogP contribution in [0, 0.1) is 22.9 Å². The number of methoxy groups -OCH3 is 1. The number of halogens is 3. The summed E-state index contributed by atoms with van der Waals surface area (Å²) in [4.78, 5) is 21.7. The van der Waals surface area contributed by atoms with Gasteiger partial charge in [-0.2, -0.15) is 0 Å². The third-order valence-electron chi connectivity index (χ3n) is 8.86. The lowest BCUT2D eigenvalue weighted by molar-refractivity contribution is -0.152. The van der Waals surface area contributed by atoms with Crippen molar-refractivity contribution in [3.63, 3.8) is 0 Å². The van der Waals surface area contributed by atoms with E-state index in [1.807, 2.05) is 24.4 Å². The van der Waals surface area contributed by atoms with Crippen molar-refractivity contribution in [3.8, 4) is 5.75 Å². The molecule has 2 saturated heterocycles. The van der Waals surface area contributed by atoms with Gasteiger partial charge in [-0.15, -0.1) is 0 Å². The second kappa shape index (κ2) is 13.9. The number of ether oxygens (including phenoxy) is 2. The van der Waals surface area contributed by atoms with Crippen LogP contribution in [-0.4, -0.2) is 85.5 Å².